The maximum atomic E-state index is 12.8. The summed E-state index contributed by atoms with van der Waals surface area (Å²) < 4.78 is 38.3. The Morgan fingerprint density at radius 3 is 2.39 bits per heavy atom. The lowest BCUT2D eigenvalue weighted by atomic mass is 9.96. The SMILES string of the molecule is Nc1ccc(C(O)C(O)CCCl)c(C(F)(F)F)c1. The van der Waals surface area contributed by atoms with Crippen molar-refractivity contribution in [3.05, 3.63) is 29.3 Å². The molecule has 0 aliphatic heterocycles. The van der Waals surface area contributed by atoms with Crippen molar-refractivity contribution in [1.82, 2.24) is 0 Å². The second-order valence-electron chi connectivity index (χ2n) is 3.83. The van der Waals surface area contributed by atoms with Gasteiger partial charge in [-0.2, -0.15) is 13.2 Å². The van der Waals surface area contributed by atoms with Crippen LogP contribution in [-0.4, -0.2) is 22.2 Å². The Labute approximate surface area is 107 Å². The number of hydrogen-bond acceptors (Lipinski definition) is 3. The highest BCUT2D eigenvalue weighted by atomic mass is 35.5. The molecule has 0 saturated heterocycles. The van der Waals surface area contributed by atoms with Crippen LogP contribution in [0.25, 0.3) is 0 Å². The van der Waals surface area contributed by atoms with Gasteiger partial charge in [0.2, 0.25) is 0 Å². The molecule has 0 aliphatic rings. The van der Waals surface area contributed by atoms with Gasteiger partial charge in [-0.3, -0.25) is 0 Å². The third-order valence-electron chi connectivity index (χ3n) is 2.47. The lowest BCUT2D eigenvalue weighted by Gasteiger charge is -2.21. The molecule has 102 valence electrons. The number of aliphatic hydroxyl groups is 2. The molecule has 4 N–H and O–H groups in total. The van der Waals surface area contributed by atoms with Crippen LogP contribution in [0.1, 0.15) is 23.7 Å². The first-order valence-electron chi connectivity index (χ1n) is 5.16. The summed E-state index contributed by atoms with van der Waals surface area (Å²) in [7, 11) is 0. The van der Waals surface area contributed by atoms with Crippen LogP contribution < -0.4 is 5.73 Å². The molecule has 0 radical (unpaired) electrons. The van der Waals surface area contributed by atoms with Crippen molar-refractivity contribution in [2.75, 3.05) is 11.6 Å². The maximum Gasteiger partial charge on any atom is 0.416 e. The van der Waals surface area contributed by atoms with Gasteiger partial charge in [0, 0.05) is 11.6 Å². The normalized spacial score (nSPS) is 15.4. The molecule has 1 aromatic rings. The molecule has 0 heterocycles. The number of nitrogens with two attached hydrogens (primary N) is 1. The number of nitrogen functional groups attached to an aromatic ring is 1. The fraction of sp³-hybridized carbons (Fsp3) is 0.455. The van der Waals surface area contributed by atoms with Crippen molar-refractivity contribution < 1.29 is 23.4 Å². The van der Waals surface area contributed by atoms with E-state index >= 15 is 0 Å². The molecule has 0 aromatic heterocycles. The first-order valence-corrected chi connectivity index (χ1v) is 5.69. The van der Waals surface area contributed by atoms with Gasteiger partial charge in [-0.05, 0) is 24.1 Å². The smallest absolute Gasteiger partial charge is 0.399 e. The summed E-state index contributed by atoms with van der Waals surface area (Å²) in [6.07, 6.45) is -7.66. The lowest BCUT2D eigenvalue weighted by molar-refractivity contribution is -0.139. The average molecular weight is 284 g/mol. The minimum atomic E-state index is -4.65. The van der Waals surface area contributed by atoms with E-state index in [1.54, 1.807) is 0 Å². The van der Waals surface area contributed by atoms with Crippen molar-refractivity contribution in [3.8, 4) is 0 Å². The summed E-state index contributed by atoms with van der Waals surface area (Å²) in [4.78, 5) is 0. The minimum absolute atomic E-state index is 0.00953. The van der Waals surface area contributed by atoms with Crippen LogP contribution in [0.2, 0.25) is 0 Å². The molecular weight excluding hydrogens is 271 g/mol. The van der Waals surface area contributed by atoms with Gasteiger partial charge in [0.15, 0.2) is 0 Å². The predicted molar refractivity (Wildman–Crippen MR) is 62.2 cm³/mol. The van der Waals surface area contributed by atoms with Crippen LogP contribution in [0, 0.1) is 0 Å². The van der Waals surface area contributed by atoms with Gasteiger partial charge >= 0.3 is 6.18 Å². The Bertz CT molecular complexity index is 412. The molecule has 2 unspecified atom stereocenters. The van der Waals surface area contributed by atoms with Gasteiger partial charge in [0.25, 0.3) is 0 Å². The second-order valence-corrected chi connectivity index (χ2v) is 4.21. The number of halogens is 4. The molecule has 3 nitrogen and oxygen atoms in total. The van der Waals surface area contributed by atoms with E-state index in [-0.39, 0.29) is 18.0 Å². The van der Waals surface area contributed by atoms with Crippen LogP contribution in [0.15, 0.2) is 18.2 Å². The van der Waals surface area contributed by atoms with Crippen LogP contribution >= 0.6 is 11.6 Å². The average Bonchev–Trinajstić information content (AvgIpc) is 2.27. The molecule has 0 spiro atoms. The van der Waals surface area contributed by atoms with E-state index in [0.717, 1.165) is 12.1 Å². The summed E-state index contributed by atoms with van der Waals surface area (Å²) in [6, 6.07) is 3.02. The Kier molecular flexibility index (Phi) is 4.84. The fourth-order valence-electron chi connectivity index (χ4n) is 1.55. The monoisotopic (exact) mass is 283 g/mol. The topological polar surface area (TPSA) is 66.5 Å². The number of benzene rings is 1. The number of anilines is 1. The van der Waals surface area contributed by atoms with Crippen LogP contribution in [0.5, 0.6) is 0 Å². The van der Waals surface area contributed by atoms with Crippen LogP contribution in [0.3, 0.4) is 0 Å². The summed E-state index contributed by atoms with van der Waals surface area (Å²) in [6.45, 7) is 0. The zero-order valence-electron chi connectivity index (χ0n) is 9.28. The van der Waals surface area contributed by atoms with E-state index < -0.39 is 29.5 Å². The van der Waals surface area contributed by atoms with E-state index in [9.17, 15) is 23.4 Å². The maximum absolute atomic E-state index is 12.8. The predicted octanol–water partition coefficient (Wildman–Crippen LogP) is 2.31. The zero-order valence-corrected chi connectivity index (χ0v) is 10.0. The quantitative estimate of drug-likeness (QED) is 0.587. The molecule has 1 rings (SSSR count). The van der Waals surface area contributed by atoms with Gasteiger partial charge in [-0.15, -0.1) is 11.6 Å². The molecule has 1 aromatic carbocycles. The second kappa shape index (κ2) is 5.77. The largest absolute Gasteiger partial charge is 0.416 e. The Balaban J connectivity index is 3.15. The lowest BCUT2D eigenvalue weighted by Crippen LogP contribution is -2.22. The van der Waals surface area contributed by atoms with Gasteiger partial charge < -0.3 is 15.9 Å². The van der Waals surface area contributed by atoms with E-state index in [1.165, 1.54) is 6.07 Å². The third-order valence-corrected chi connectivity index (χ3v) is 2.69. The standard InChI is InChI=1S/C11H13ClF3NO2/c12-4-3-9(17)10(18)7-2-1-6(16)5-8(7)11(13,14)15/h1-2,5,9-10,17-18H,3-4,16H2. The van der Waals surface area contributed by atoms with Crippen molar-refractivity contribution in [2.24, 2.45) is 0 Å². The molecule has 0 amide bonds. The number of aliphatic hydroxyl groups excluding tert-OH is 2. The molecule has 0 aliphatic carbocycles. The highest BCUT2D eigenvalue weighted by Gasteiger charge is 2.36. The van der Waals surface area contributed by atoms with Gasteiger partial charge in [-0.25, -0.2) is 0 Å². The van der Waals surface area contributed by atoms with E-state index in [0.29, 0.717) is 0 Å². The highest BCUT2D eigenvalue weighted by molar-refractivity contribution is 6.17. The van der Waals surface area contributed by atoms with Gasteiger partial charge in [0.1, 0.15) is 6.10 Å². The molecule has 0 saturated carbocycles. The minimum Gasteiger partial charge on any atom is -0.399 e. The summed E-state index contributed by atoms with van der Waals surface area (Å²) >= 11 is 5.37. The van der Waals surface area contributed by atoms with E-state index in [1.807, 2.05) is 0 Å². The number of hydrogen-bond donors (Lipinski definition) is 3. The molecule has 18 heavy (non-hydrogen) atoms. The van der Waals surface area contributed by atoms with Crippen molar-refractivity contribution in [3.63, 3.8) is 0 Å². The van der Waals surface area contributed by atoms with Crippen LogP contribution in [0.4, 0.5) is 18.9 Å². The zero-order chi connectivity index (χ0) is 13.9. The first kappa shape index (κ1) is 15.1. The fourth-order valence-corrected chi connectivity index (χ4v) is 1.78. The Morgan fingerprint density at radius 2 is 1.89 bits per heavy atom. The van der Waals surface area contributed by atoms with E-state index in [4.69, 9.17) is 17.3 Å². The van der Waals surface area contributed by atoms with Crippen molar-refractivity contribution >= 4 is 17.3 Å². The van der Waals surface area contributed by atoms with Gasteiger partial charge in [0.05, 0.1) is 11.7 Å². The summed E-state index contributed by atoms with van der Waals surface area (Å²) in [5.41, 5.74) is 3.77. The molecule has 7 heteroatoms. The highest BCUT2D eigenvalue weighted by Crippen LogP contribution is 2.37. The number of rotatable bonds is 4. The third kappa shape index (κ3) is 3.51. The van der Waals surface area contributed by atoms with Crippen LogP contribution in [-0.2, 0) is 6.18 Å². The Hall–Kier alpha value is -0.980. The number of alkyl halides is 4. The molecular formula is C11H13ClF3NO2. The Morgan fingerprint density at radius 1 is 1.28 bits per heavy atom. The molecule has 2 atom stereocenters. The van der Waals surface area contributed by atoms with Crippen molar-refractivity contribution in [1.29, 1.82) is 0 Å². The van der Waals surface area contributed by atoms with E-state index in [2.05, 4.69) is 0 Å². The molecule has 0 fully saturated rings. The molecule has 0 bridgehead atoms. The first-order chi connectivity index (χ1) is 8.27. The summed E-state index contributed by atoms with van der Waals surface area (Å²) in [5.74, 6) is 0.0363. The van der Waals surface area contributed by atoms with Crippen molar-refractivity contribution in [2.45, 2.75) is 24.8 Å². The summed E-state index contributed by atoms with van der Waals surface area (Å²) in [5, 5.41) is 19.2. The van der Waals surface area contributed by atoms with Gasteiger partial charge in [-0.1, -0.05) is 6.07 Å².